The van der Waals surface area contributed by atoms with Gasteiger partial charge in [0.05, 0.1) is 22.9 Å². The van der Waals surface area contributed by atoms with Gasteiger partial charge in [0.15, 0.2) is 0 Å². The van der Waals surface area contributed by atoms with E-state index in [0.29, 0.717) is 0 Å². The van der Waals surface area contributed by atoms with Gasteiger partial charge in [0, 0.05) is 21.8 Å². The van der Waals surface area contributed by atoms with Gasteiger partial charge in [0.1, 0.15) is 0 Å². The van der Waals surface area contributed by atoms with Gasteiger partial charge in [-0.15, -0.1) is 0 Å². The van der Waals surface area contributed by atoms with Gasteiger partial charge in [0.2, 0.25) is 0 Å². The van der Waals surface area contributed by atoms with Crippen LogP contribution in [0.1, 0.15) is 25.0 Å². The van der Waals surface area contributed by atoms with Crippen LogP contribution >= 0.6 is 0 Å². The molecule has 1 aliphatic carbocycles. The fourth-order valence-corrected chi connectivity index (χ4v) is 7.40. The molecule has 2 nitrogen and oxygen atoms in total. The zero-order valence-electron chi connectivity index (χ0n) is 25.3. The molecule has 0 unspecified atom stereocenters. The highest BCUT2D eigenvalue weighted by Crippen LogP contribution is 2.49. The first-order valence-corrected chi connectivity index (χ1v) is 15.6. The summed E-state index contributed by atoms with van der Waals surface area (Å²) in [7, 11) is 0. The molecule has 7 aromatic carbocycles. The van der Waals surface area contributed by atoms with Crippen LogP contribution < -0.4 is 0 Å². The maximum absolute atomic E-state index is 5.22. The second kappa shape index (κ2) is 9.70. The Hall–Kier alpha value is -5.60. The van der Waals surface area contributed by atoms with E-state index in [9.17, 15) is 0 Å². The topological polar surface area (TPSA) is 25.8 Å². The molecule has 9 rings (SSSR count). The molecular formula is C43H30N2. The van der Waals surface area contributed by atoms with Crippen LogP contribution in [0.3, 0.4) is 0 Å². The lowest BCUT2D eigenvalue weighted by Gasteiger charge is -2.21. The molecule has 45 heavy (non-hydrogen) atoms. The lowest BCUT2D eigenvalue weighted by atomic mass is 9.82. The molecule has 0 N–H and O–H groups in total. The number of fused-ring (bicyclic) bond motifs is 9. The Labute approximate surface area is 262 Å². The second-order valence-electron chi connectivity index (χ2n) is 12.6. The third-order valence-corrected chi connectivity index (χ3v) is 9.70. The van der Waals surface area contributed by atoms with Crippen molar-refractivity contribution in [2.24, 2.45) is 0 Å². The number of hydrogen-bond acceptors (Lipinski definition) is 2. The zero-order valence-corrected chi connectivity index (χ0v) is 25.3. The van der Waals surface area contributed by atoms with E-state index in [2.05, 4.69) is 153 Å². The van der Waals surface area contributed by atoms with Gasteiger partial charge in [-0.25, -0.2) is 4.98 Å². The largest absolute Gasteiger partial charge is 0.252 e. The first-order valence-electron chi connectivity index (χ1n) is 15.6. The summed E-state index contributed by atoms with van der Waals surface area (Å²) in [5.74, 6) is 0. The third kappa shape index (κ3) is 3.96. The van der Waals surface area contributed by atoms with Gasteiger partial charge < -0.3 is 0 Å². The lowest BCUT2D eigenvalue weighted by molar-refractivity contribution is 0.660. The minimum atomic E-state index is 0.0117. The minimum absolute atomic E-state index is 0.0117. The Morgan fingerprint density at radius 3 is 1.67 bits per heavy atom. The summed E-state index contributed by atoms with van der Waals surface area (Å²) in [4.78, 5) is 10.2. The Kier molecular flexibility index (Phi) is 5.58. The van der Waals surface area contributed by atoms with Gasteiger partial charge in [-0.1, -0.05) is 135 Å². The Bertz CT molecular complexity index is 2430. The molecule has 0 fully saturated rings. The maximum atomic E-state index is 5.22. The minimum Gasteiger partial charge on any atom is -0.252 e. The first-order chi connectivity index (χ1) is 22.1. The summed E-state index contributed by atoms with van der Waals surface area (Å²) >= 11 is 0. The summed E-state index contributed by atoms with van der Waals surface area (Å²) in [6.07, 6.45) is 1.92. The smallest absolute Gasteiger partial charge is 0.0979 e. The predicted octanol–water partition coefficient (Wildman–Crippen LogP) is 11.2. The standard InChI is InChI=1S/C43H30N2/c1-43(2)38-20-8-7-17-34(38)37-25-30(21-22-39(37)43)28-12-9-11-27(23-28)29-13-10-14-31(24-29)40-26-44-41-35-18-5-3-15-32(35)33-16-4-6-19-36(33)42(41)45-40/h3-26H,1-2H3. The monoisotopic (exact) mass is 574 g/mol. The summed E-state index contributed by atoms with van der Waals surface area (Å²) in [5, 5.41) is 4.68. The van der Waals surface area contributed by atoms with Crippen LogP contribution in [0.15, 0.2) is 146 Å². The van der Waals surface area contributed by atoms with Crippen molar-refractivity contribution in [1.29, 1.82) is 0 Å². The van der Waals surface area contributed by atoms with E-state index < -0.39 is 0 Å². The number of benzene rings is 7. The van der Waals surface area contributed by atoms with E-state index in [0.717, 1.165) is 38.6 Å². The fraction of sp³-hybridized carbons (Fsp3) is 0.0698. The highest BCUT2D eigenvalue weighted by molar-refractivity contribution is 6.23. The molecule has 2 heteroatoms. The quantitative estimate of drug-likeness (QED) is 0.196. The highest BCUT2D eigenvalue weighted by atomic mass is 14.8. The van der Waals surface area contributed by atoms with Gasteiger partial charge in [-0.3, -0.25) is 4.98 Å². The van der Waals surface area contributed by atoms with Crippen LogP contribution in [0.4, 0.5) is 0 Å². The molecule has 1 aliphatic rings. The number of aromatic nitrogens is 2. The molecule has 0 saturated heterocycles. The van der Waals surface area contributed by atoms with E-state index in [-0.39, 0.29) is 5.41 Å². The van der Waals surface area contributed by atoms with Crippen molar-refractivity contribution in [1.82, 2.24) is 9.97 Å². The average molecular weight is 575 g/mol. The van der Waals surface area contributed by atoms with E-state index in [1.807, 2.05) is 6.20 Å². The van der Waals surface area contributed by atoms with Crippen molar-refractivity contribution in [3.05, 3.63) is 157 Å². The third-order valence-electron chi connectivity index (χ3n) is 9.70. The molecule has 8 aromatic rings. The normalized spacial score (nSPS) is 13.3. The molecular weight excluding hydrogens is 544 g/mol. The number of hydrogen-bond donors (Lipinski definition) is 0. The molecule has 0 saturated carbocycles. The molecule has 0 radical (unpaired) electrons. The summed E-state index contributed by atoms with van der Waals surface area (Å²) in [6.45, 7) is 4.66. The predicted molar refractivity (Wildman–Crippen MR) is 188 cm³/mol. The van der Waals surface area contributed by atoms with E-state index in [4.69, 9.17) is 9.97 Å². The van der Waals surface area contributed by atoms with Crippen molar-refractivity contribution in [2.45, 2.75) is 19.3 Å². The van der Waals surface area contributed by atoms with Crippen molar-refractivity contribution in [3.63, 3.8) is 0 Å². The van der Waals surface area contributed by atoms with Crippen molar-refractivity contribution in [3.8, 4) is 44.6 Å². The highest BCUT2D eigenvalue weighted by Gasteiger charge is 2.35. The van der Waals surface area contributed by atoms with Crippen LogP contribution in [0.5, 0.6) is 0 Å². The molecule has 1 aromatic heterocycles. The second-order valence-corrected chi connectivity index (χ2v) is 12.6. The van der Waals surface area contributed by atoms with E-state index in [1.54, 1.807) is 0 Å². The molecule has 0 bridgehead atoms. The fourth-order valence-electron chi connectivity index (χ4n) is 7.40. The van der Waals surface area contributed by atoms with Gasteiger partial charge in [-0.05, 0) is 73.5 Å². The molecule has 0 atom stereocenters. The molecule has 1 heterocycles. The molecule has 212 valence electrons. The van der Waals surface area contributed by atoms with Crippen LogP contribution in [0.25, 0.3) is 77.2 Å². The van der Waals surface area contributed by atoms with E-state index in [1.165, 1.54) is 49.7 Å². The van der Waals surface area contributed by atoms with Gasteiger partial charge >= 0.3 is 0 Å². The van der Waals surface area contributed by atoms with Crippen LogP contribution in [-0.2, 0) is 5.41 Å². The van der Waals surface area contributed by atoms with Gasteiger partial charge in [-0.2, -0.15) is 0 Å². The van der Waals surface area contributed by atoms with Crippen molar-refractivity contribution < 1.29 is 0 Å². The summed E-state index contributed by atoms with van der Waals surface area (Å²) in [5.41, 5.74) is 14.1. The zero-order chi connectivity index (χ0) is 30.1. The number of rotatable bonds is 3. The van der Waals surface area contributed by atoms with Crippen LogP contribution in [0, 0.1) is 0 Å². The Morgan fingerprint density at radius 2 is 0.956 bits per heavy atom. The molecule has 0 spiro atoms. The average Bonchev–Trinajstić information content (AvgIpc) is 3.34. The van der Waals surface area contributed by atoms with Crippen LogP contribution in [-0.4, -0.2) is 9.97 Å². The summed E-state index contributed by atoms with van der Waals surface area (Å²) < 4.78 is 0. The maximum Gasteiger partial charge on any atom is 0.0979 e. The molecule has 0 aliphatic heterocycles. The first kappa shape index (κ1) is 25.9. The van der Waals surface area contributed by atoms with E-state index >= 15 is 0 Å². The van der Waals surface area contributed by atoms with Crippen molar-refractivity contribution in [2.75, 3.05) is 0 Å². The Balaban J connectivity index is 1.13. The lowest BCUT2D eigenvalue weighted by Crippen LogP contribution is -2.14. The Morgan fingerprint density at radius 1 is 0.422 bits per heavy atom. The van der Waals surface area contributed by atoms with Crippen LogP contribution in [0.2, 0.25) is 0 Å². The van der Waals surface area contributed by atoms with Crippen molar-refractivity contribution >= 4 is 32.6 Å². The molecule has 0 amide bonds. The number of nitrogens with zero attached hydrogens (tertiary/aromatic N) is 2. The summed E-state index contributed by atoms with van der Waals surface area (Å²) in [6, 6.07) is 50.3. The van der Waals surface area contributed by atoms with Gasteiger partial charge in [0.25, 0.3) is 0 Å². The SMILES string of the molecule is CC1(C)c2ccccc2-c2cc(-c3cccc(-c4cccc(-c5cnc6c7ccccc7c7ccccc7c6n5)c4)c3)ccc21.